The maximum Gasteiger partial charge on any atom is 0.266 e. The molecule has 3 aromatic rings. The van der Waals surface area contributed by atoms with Crippen LogP contribution in [0, 0.1) is 18.3 Å². The van der Waals surface area contributed by atoms with Gasteiger partial charge in [-0.2, -0.15) is 10.4 Å². The Morgan fingerprint density at radius 2 is 2.00 bits per heavy atom. The van der Waals surface area contributed by atoms with Gasteiger partial charge in [-0.15, -0.1) is 0 Å². The van der Waals surface area contributed by atoms with Gasteiger partial charge < -0.3 is 5.32 Å². The highest BCUT2D eigenvalue weighted by atomic mass is 35.5. The lowest BCUT2D eigenvalue weighted by molar-refractivity contribution is -0.112. The first-order valence-corrected chi connectivity index (χ1v) is 8.24. The Kier molecular flexibility index (Phi) is 5.16. The molecule has 0 aliphatic rings. The molecule has 3 rings (SSSR count). The number of aromatic nitrogens is 2. The highest BCUT2D eigenvalue weighted by molar-refractivity contribution is 6.31. The molecule has 0 spiro atoms. The molecule has 6 heteroatoms. The van der Waals surface area contributed by atoms with E-state index < -0.39 is 5.91 Å². The second kappa shape index (κ2) is 7.68. The van der Waals surface area contributed by atoms with Crippen molar-refractivity contribution in [2.24, 2.45) is 0 Å². The number of rotatable bonds is 4. The van der Waals surface area contributed by atoms with E-state index in [0.29, 0.717) is 16.3 Å². The van der Waals surface area contributed by atoms with Crippen molar-refractivity contribution in [3.05, 3.63) is 82.6 Å². The lowest BCUT2D eigenvalue weighted by Gasteiger charge is -2.08. The van der Waals surface area contributed by atoms with Crippen LogP contribution >= 0.6 is 11.6 Å². The van der Waals surface area contributed by atoms with Gasteiger partial charge in [-0.05, 0) is 42.8 Å². The van der Waals surface area contributed by atoms with E-state index >= 15 is 0 Å². The van der Waals surface area contributed by atoms with Crippen molar-refractivity contribution in [1.29, 1.82) is 5.26 Å². The molecule has 0 fully saturated rings. The van der Waals surface area contributed by atoms with Gasteiger partial charge in [-0.1, -0.05) is 35.9 Å². The minimum atomic E-state index is -0.495. The van der Waals surface area contributed by atoms with Gasteiger partial charge in [-0.25, -0.2) is 4.68 Å². The molecule has 2 aromatic carbocycles. The summed E-state index contributed by atoms with van der Waals surface area (Å²) in [4.78, 5) is 12.4. The molecular weight excluding hydrogens is 348 g/mol. The van der Waals surface area contributed by atoms with Crippen LogP contribution in [0.1, 0.15) is 11.1 Å². The molecule has 0 saturated heterocycles. The molecule has 1 heterocycles. The monoisotopic (exact) mass is 362 g/mol. The first kappa shape index (κ1) is 17.5. The van der Waals surface area contributed by atoms with Crippen LogP contribution in [0.3, 0.4) is 0 Å². The predicted molar refractivity (Wildman–Crippen MR) is 102 cm³/mol. The summed E-state index contributed by atoms with van der Waals surface area (Å²) >= 11 is 6.06. The zero-order chi connectivity index (χ0) is 18.5. The third-order valence-corrected chi connectivity index (χ3v) is 4.22. The van der Waals surface area contributed by atoms with E-state index in [4.69, 9.17) is 11.6 Å². The Morgan fingerprint density at radius 1 is 1.23 bits per heavy atom. The van der Waals surface area contributed by atoms with Gasteiger partial charge >= 0.3 is 0 Å². The third-order valence-electron chi connectivity index (χ3n) is 3.82. The number of anilines is 1. The lowest BCUT2D eigenvalue weighted by atomic mass is 10.1. The smallest absolute Gasteiger partial charge is 0.266 e. The number of halogens is 1. The Hall–Kier alpha value is -3.36. The van der Waals surface area contributed by atoms with E-state index in [0.717, 1.165) is 11.3 Å². The first-order chi connectivity index (χ1) is 12.6. The molecule has 1 N–H and O–H groups in total. The number of para-hydroxylation sites is 1. The average molecular weight is 363 g/mol. The first-order valence-electron chi connectivity index (χ1n) is 7.87. The van der Waals surface area contributed by atoms with E-state index in [1.807, 2.05) is 36.4 Å². The summed E-state index contributed by atoms with van der Waals surface area (Å²) in [5.74, 6) is -0.495. The van der Waals surface area contributed by atoms with Gasteiger partial charge in [-0.3, -0.25) is 4.79 Å². The van der Waals surface area contributed by atoms with Crippen LogP contribution in [0.15, 0.2) is 66.5 Å². The molecule has 128 valence electrons. The summed E-state index contributed by atoms with van der Waals surface area (Å²) in [6.07, 6.45) is 4.86. The zero-order valence-corrected chi connectivity index (χ0v) is 14.7. The van der Waals surface area contributed by atoms with Crippen LogP contribution < -0.4 is 5.32 Å². The average Bonchev–Trinajstić information content (AvgIpc) is 3.13. The highest BCUT2D eigenvalue weighted by Gasteiger charge is 2.12. The van der Waals surface area contributed by atoms with Gasteiger partial charge in [0, 0.05) is 22.5 Å². The standard InChI is InChI=1S/C20H15ClN4O/c1-14-18(21)8-5-9-19(14)24-20(26)16(11-22)10-15-12-23-25(13-15)17-6-3-2-4-7-17/h2-10,12-13H,1H3,(H,24,26)/b16-10+. The van der Waals surface area contributed by atoms with Crippen molar-refractivity contribution in [1.82, 2.24) is 9.78 Å². The second-order valence-corrected chi connectivity index (χ2v) is 6.00. The van der Waals surface area contributed by atoms with E-state index in [2.05, 4.69) is 10.4 Å². The number of benzene rings is 2. The molecule has 1 amide bonds. The highest BCUT2D eigenvalue weighted by Crippen LogP contribution is 2.23. The van der Waals surface area contributed by atoms with Gasteiger partial charge in [0.1, 0.15) is 11.6 Å². The normalized spacial score (nSPS) is 11.0. The fraction of sp³-hybridized carbons (Fsp3) is 0.0500. The van der Waals surface area contributed by atoms with Gasteiger partial charge in [0.05, 0.1) is 11.9 Å². The minimum absolute atomic E-state index is 0.0167. The molecule has 0 radical (unpaired) electrons. The van der Waals surface area contributed by atoms with E-state index in [-0.39, 0.29) is 5.57 Å². The number of carbonyl (C=O) groups excluding carboxylic acids is 1. The summed E-state index contributed by atoms with van der Waals surface area (Å²) in [5, 5.41) is 16.9. The minimum Gasteiger partial charge on any atom is -0.321 e. The third kappa shape index (κ3) is 3.82. The SMILES string of the molecule is Cc1c(Cl)cccc1NC(=O)/C(C#N)=C/c1cnn(-c2ccccc2)c1. The maximum absolute atomic E-state index is 12.4. The van der Waals surface area contributed by atoms with Crippen LogP contribution in [-0.2, 0) is 4.79 Å². The Morgan fingerprint density at radius 3 is 2.73 bits per heavy atom. The van der Waals surface area contributed by atoms with Gasteiger partial charge in [0.2, 0.25) is 0 Å². The van der Waals surface area contributed by atoms with Gasteiger partial charge in [0.15, 0.2) is 0 Å². The van der Waals surface area contributed by atoms with Crippen molar-refractivity contribution >= 4 is 29.3 Å². The molecule has 26 heavy (non-hydrogen) atoms. The molecule has 0 aliphatic heterocycles. The summed E-state index contributed by atoms with van der Waals surface area (Å²) < 4.78 is 1.68. The molecule has 0 saturated carbocycles. The molecular formula is C20H15ClN4O. The van der Waals surface area contributed by atoms with Crippen LogP contribution in [0.4, 0.5) is 5.69 Å². The lowest BCUT2D eigenvalue weighted by Crippen LogP contribution is -2.14. The summed E-state index contributed by atoms with van der Waals surface area (Å²) in [7, 11) is 0. The predicted octanol–water partition coefficient (Wildman–Crippen LogP) is 4.38. The summed E-state index contributed by atoms with van der Waals surface area (Å²) in [5.41, 5.74) is 2.85. The molecule has 1 aromatic heterocycles. The Labute approximate surface area is 156 Å². The number of nitrogens with zero attached hydrogens (tertiary/aromatic N) is 3. The topological polar surface area (TPSA) is 70.7 Å². The number of nitriles is 1. The Bertz CT molecular complexity index is 1020. The van der Waals surface area contributed by atoms with E-state index in [1.165, 1.54) is 6.08 Å². The van der Waals surface area contributed by atoms with Crippen LogP contribution in [0.2, 0.25) is 5.02 Å². The second-order valence-electron chi connectivity index (χ2n) is 5.59. The number of hydrogen-bond donors (Lipinski definition) is 1. The van der Waals surface area contributed by atoms with E-state index in [1.54, 1.807) is 42.2 Å². The quantitative estimate of drug-likeness (QED) is 0.553. The van der Waals surface area contributed by atoms with Gasteiger partial charge in [0.25, 0.3) is 5.91 Å². The number of carbonyl (C=O) groups is 1. The van der Waals surface area contributed by atoms with Crippen molar-refractivity contribution in [3.8, 4) is 11.8 Å². The number of hydrogen-bond acceptors (Lipinski definition) is 3. The van der Waals surface area contributed by atoms with Crippen LogP contribution in [0.25, 0.3) is 11.8 Å². The van der Waals surface area contributed by atoms with E-state index in [9.17, 15) is 10.1 Å². The van der Waals surface area contributed by atoms with Crippen molar-refractivity contribution in [3.63, 3.8) is 0 Å². The molecule has 0 bridgehead atoms. The summed E-state index contributed by atoms with van der Waals surface area (Å²) in [6.45, 7) is 1.80. The van der Waals surface area contributed by atoms with Crippen molar-refractivity contribution in [2.45, 2.75) is 6.92 Å². The van der Waals surface area contributed by atoms with Crippen LogP contribution in [-0.4, -0.2) is 15.7 Å². The maximum atomic E-state index is 12.4. The molecule has 0 atom stereocenters. The fourth-order valence-electron chi connectivity index (χ4n) is 2.38. The van der Waals surface area contributed by atoms with Crippen molar-refractivity contribution < 1.29 is 4.79 Å². The Balaban J connectivity index is 1.82. The molecule has 5 nitrogen and oxygen atoms in total. The van der Waals surface area contributed by atoms with Crippen LogP contribution in [0.5, 0.6) is 0 Å². The molecule has 0 unspecified atom stereocenters. The summed E-state index contributed by atoms with van der Waals surface area (Å²) in [6, 6.07) is 16.7. The molecule has 0 aliphatic carbocycles. The number of amides is 1. The van der Waals surface area contributed by atoms with Crippen molar-refractivity contribution in [2.75, 3.05) is 5.32 Å². The number of nitrogens with one attached hydrogen (secondary N) is 1. The fourth-order valence-corrected chi connectivity index (χ4v) is 2.56. The zero-order valence-electron chi connectivity index (χ0n) is 14.0. The largest absolute Gasteiger partial charge is 0.321 e.